The number of morpholine rings is 1. The molecule has 0 atom stereocenters. The summed E-state index contributed by atoms with van der Waals surface area (Å²) >= 11 is 0. The van der Waals surface area contributed by atoms with Crippen molar-refractivity contribution in [3.8, 4) is 5.75 Å². The molecule has 0 radical (unpaired) electrons. The Labute approximate surface area is 151 Å². The summed E-state index contributed by atoms with van der Waals surface area (Å²) in [6.07, 6.45) is 4.34. The fourth-order valence-corrected chi connectivity index (χ4v) is 2.64. The van der Waals surface area contributed by atoms with Crippen LogP contribution in [0.2, 0.25) is 0 Å². The van der Waals surface area contributed by atoms with Crippen LogP contribution < -0.4 is 15.4 Å². The highest BCUT2D eigenvalue weighted by Gasteiger charge is 2.09. The average molecular weight is 345 g/mol. The van der Waals surface area contributed by atoms with E-state index in [-0.39, 0.29) is 0 Å². The molecule has 1 aliphatic rings. The largest absolute Gasteiger partial charge is 0.497 e. The predicted molar refractivity (Wildman–Crippen MR) is 103 cm³/mol. The molecule has 1 saturated heterocycles. The Balaban J connectivity index is 1.65. The Kier molecular flexibility index (Phi) is 8.52. The minimum Gasteiger partial charge on any atom is -0.497 e. The van der Waals surface area contributed by atoms with Crippen LogP contribution in [0.1, 0.15) is 19.4 Å². The molecule has 0 aromatic heterocycles. The van der Waals surface area contributed by atoms with E-state index in [1.165, 1.54) is 11.1 Å². The summed E-state index contributed by atoms with van der Waals surface area (Å²) in [5.74, 6) is 0.889. The van der Waals surface area contributed by atoms with Crippen LogP contribution >= 0.6 is 0 Å². The van der Waals surface area contributed by atoms with E-state index < -0.39 is 0 Å². The van der Waals surface area contributed by atoms with Crippen LogP contribution in [0.15, 0.2) is 47.7 Å². The minimum atomic E-state index is 0.741. The van der Waals surface area contributed by atoms with Gasteiger partial charge in [-0.05, 0) is 37.6 Å². The number of nitrogens with one attached hydrogen (secondary N) is 2. The van der Waals surface area contributed by atoms with Crippen LogP contribution in [0.3, 0.4) is 0 Å². The van der Waals surface area contributed by atoms with Gasteiger partial charge in [0.15, 0.2) is 0 Å². The van der Waals surface area contributed by atoms with E-state index in [0.29, 0.717) is 0 Å². The van der Waals surface area contributed by atoms with Gasteiger partial charge in [-0.3, -0.25) is 10.2 Å². The first-order chi connectivity index (χ1) is 12.2. The number of ether oxygens (including phenoxy) is 2. The number of hydrogen-bond donors (Lipinski definition) is 2. The van der Waals surface area contributed by atoms with Crippen LogP contribution in [0.25, 0.3) is 0 Å². The molecular weight excluding hydrogens is 314 g/mol. The molecule has 1 aromatic carbocycles. The molecule has 2 N–H and O–H groups in total. The van der Waals surface area contributed by atoms with Crippen molar-refractivity contribution < 1.29 is 9.47 Å². The molecule has 0 spiro atoms. The minimum absolute atomic E-state index is 0.741. The molecule has 138 valence electrons. The number of allylic oxidation sites excluding steroid dienone is 3. The third kappa shape index (κ3) is 7.73. The van der Waals surface area contributed by atoms with Gasteiger partial charge in [0.25, 0.3) is 0 Å². The Morgan fingerprint density at radius 1 is 1.16 bits per heavy atom. The summed E-state index contributed by atoms with van der Waals surface area (Å²) in [4.78, 5) is 2.43. The standard InChI is InChI=1S/C20H31N3O2/c1-17(15-23-10-12-25-13-11-23)4-5-18(2)22-16-21-14-19-6-8-20(24-3)9-7-19/h4-9,21-22H,10-16H2,1-3H3/b17-4+,18-5+. The first-order valence-electron chi connectivity index (χ1n) is 8.89. The maximum atomic E-state index is 5.38. The molecule has 25 heavy (non-hydrogen) atoms. The van der Waals surface area contributed by atoms with Gasteiger partial charge in [-0.2, -0.15) is 0 Å². The Morgan fingerprint density at radius 2 is 1.88 bits per heavy atom. The van der Waals surface area contributed by atoms with Crippen molar-refractivity contribution in [3.63, 3.8) is 0 Å². The van der Waals surface area contributed by atoms with Gasteiger partial charge in [-0.25, -0.2) is 0 Å². The SMILES string of the molecule is COc1ccc(CNCN/C(C)=C/C=C(\C)CN2CCOCC2)cc1. The highest BCUT2D eigenvalue weighted by Crippen LogP contribution is 2.10. The fourth-order valence-electron chi connectivity index (χ4n) is 2.64. The van der Waals surface area contributed by atoms with Crippen LogP contribution in [0.5, 0.6) is 5.75 Å². The molecule has 5 nitrogen and oxygen atoms in total. The summed E-state index contributed by atoms with van der Waals surface area (Å²) in [6, 6.07) is 8.12. The molecule has 1 heterocycles. The van der Waals surface area contributed by atoms with Crippen LogP contribution in [0, 0.1) is 0 Å². The second kappa shape index (κ2) is 10.9. The van der Waals surface area contributed by atoms with Gasteiger partial charge in [0.05, 0.1) is 27.0 Å². The molecule has 0 saturated carbocycles. The number of hydrogen-bond acceptors (Lipinski definition) is 5. The topological polar surface area (TPSA) is 45.8 Å². The normalized spacial score (nSPS) is 16.8. The molecule has 0 aliphatic carbocycles. The molecular formula is C20H31N3O2. The molecule has 0 unspecified atom stereocenters. The van der Waals surface area contributed by atoms with Gasteiger partial charge in [-0.1, -0.05) is 23.8 Å². The second-order valence-electron chi connectivity index (χ2n) is 6.38. The lowest BCUT2D eigenvalue weighted by Crippen LogP contribution is -2.37. The highest BCUT2D eigenvalue weighted by atomic mass is 16.5. The van der Waals surface area contributed by atoms with Gasteiger partial charge in [-0.15, -0.1) is 0 Å². The van der Waals surface area contributed by atoms with Crippen LogP contribution in [0.4, 0.5) is 0 Å². The predicted octanol–water partition coefficient (Wildman–Crippen LogP) is 2.51. The smallest absolute Gasteiger partial charge is 0.118 e. The van der Waals surface area contributed by atoms with Gasteiger partial charge in [0.1, 0.15) is 5.75 Å². The Morgan fingerprint density at radius 3 is 2.56 bits per heavy atom. The molecule has 2 rings (SSSR count). The summed E-state index contributed by atoms with van der Waals surface area (Å²) in [7, 11) is 1.68. The first-order valence-corrected chi connectivity index (χ1v) is 8.89. The van der Waals surface area contributed by atoms with Crippen molar-refractivity contribution in [2.45, 2.75) is 20.4 Å². The number of nitrogens with zero attached hydrogens (tertiary/aromatic N) is 1. The van der Waals surface area contributed by atoms with Gasteiger partial charge in [0.2, 0.25) is 0 Å². The summed E-state index contributed by atoms with van der Waals surface area (Å²) in [5.41, 5.74) is 3.77. The lowest BCUT2D eigenvalue weighted by atomic mass is 10.2. The van der Waals surface area contributed by atoms with Gasteiger partial charge < -0.3 is 14.8 Å². The van der Waals surface area contributed by atoms with E-state index in [2.05, 4.69) is 53.7 Å². The monoisotopic (exact) mass is 345 g/mol. The fraction of sp³-hybridized carbons (Fsp3) is 0.500. The summed E-state index contributed by atoms with van der Waals surface area (Å²) < 4.78 is 10.5. The van der Waals surface area contributed by atoms with E-state index in [1.54, 1.807) is 7.11 Å². The summed E-state index contributed by atoms with van der Waals surface area (Å²) in [5, 5.41) is 6.77. The number of benzene rings is 1. The van der Waals surface area contributed by atoms with E-state index in [0.717, 1.165) is 57.5 Å². The number of rotatable bonds is 9. The molecule has 0 bridgehead atoms. The van der Waals surface area contributed by atoms with Crippen molar-refractivity contribution in [2.24, 2.45) is 0 Å². The zero-order valence-corrected chi connectivity index (χ0v) is 15.7. The van der Waals surface area contributed by atoms with Gasteiger partial charge in [0, 0.05) is 31.9 Å². The third-order valence-electron chi connectivity index (χ3n) is 4.17. The zero-order chi connectivity index (χ0) is 17.9. The molecule has 1 aliphatic heterocycles. The highest BCUT2D eigenvalue weighted by molar-refractivity contribution is 5.27. The third-order valence-corrected chi connectivity index (χ3v) is 4.17. The van der Waals surface area contributed by atoms with Crippen molar-refractivity contribution in [3.05, 3.63) is 53.3 Å². The average Bonchev–Trinajstić information content (AvgIpc) is 2.65. The van der Waals surface area contributed by atoms with Crippen LogP contribution in [-0.2, 0) is 11.3 Å². The quantitative estimate of drug-likeness (QED) is 0.409. The van der Waals surface area contributed by atoms with Crippen molar-refractivity contribution in [2.75, 3.05) is 46.6 Å². The lowest BCUT2D eigenvalue weighted by Gasteiger charge is -2.26. The van der Waals surface area contributed by atoms with E-state index in [1.807, 2.05) is 12.1 Å². The van der Waals surface area contributed by atoms with E-state index in [4.69, 9.17) is 9.47 Å². The Hall–Kier alpha value is -1.82. The first kappa shape index (κ1) is 19.5. The molecule has 5 heteroatoms. The maximum Gasteiger partial charge on any atom is 0.118 e. The molecule has 0 amide bonds. The molecule has 1 aromatic rings. The Bertz CT molecular complexity index is 561. The zero-order valence-electron chi connectivity index (χ0n) is 15.7. The number of methoxy groups -OCH3 is 1. The van der Waals surface area contributed by atoms with Crippen molar-refractivity contribution >= 4 is 0 Å². The second-order valence-corrected chi connectivity index (χ2v) is 6.38. The van der Waals surface area contributed by atoms with Crippen LogP contribution in [-0.4, -0.2) is 51.5 Å². The lowest BCUT2D eigenvalue weighted by molar-refractivity contribution is 0.0423. The van der Waals surface area contributed by atoms with Gasteiger partial charge >= 0.3 is 0 Å². The maximum absolute atomic E-state index is 5.38. The van der Waals surface area contributed by atoms with Crippen molar-refractivity contribution in [1.82, 2.24) is 15.5 Å². The summed E-state index contributed by atoms with van der Waals surface area (Å²) in [6.45, 7) is 10.6. The van der Waals surface area contributed by atoms with E-state index >= 15 is 0 Å². The van der Waals surface area contributed by atoms with E-state index in [9.17, 15) is 0 Å². The molecule has 1 fully saturated rings. The van der Waals surface area contributed by atoms with Crippen molar-refractivity contribution in [1.29, 1.82) is 0 Å².